The molecule has 5 nitrogen and oxygen atoms in total. The quantitative estimate of drug-likeness (QED) is 0.933. The van der Waals surface area contributed by atoms with E-state index in [-0.39, 0.29) is 5.41 Å². The summed E-state index contributed by atoms with van der Waals surface area (Å²) in [7, 11) is 1.98. The highest BCUT2D eigenvalue weighted by Gasteiger charge is 2.41. The molecule has 5 heteroatoms. The van der Waals surface area contributed by atoms with Crippen LogP contribution in [0.4, 0.5) is 5.95 Å². The molecule has 0 atom stereocenters. The molecule has 1 aliphatic rings. The maximum absolute atomic E-state index is 5.65. The number of hydrogen-bond donors (Lipinski definition) is 1. The number of nitrogens with zero attached hydrogens (tertiary/aromatic N) is 3. The minimum absolute atomic E-state index is 0.160. The van der Waals surface area contributed by atoms with Gasteiger partial charge in [-0.2, -0.15) is 4.98 Å². The summed E-state index contributed by atoms with van der Waals surface area (Å²) in [4.78, 5) is 6.67. The van der Waals surface area contributed by atoms with Gasteiger partial charge in [-0.1, -0.05) is 30.3 Å². The molecule has 0 unspecified atom stereocenters. The Bertz CT molecular complexity index is 575. The number of hydrogen-bond acceptors (Lipinski definition) is 5. The molecule has 1 aromatic heterocycles. The number of anilines is 1. The first-order valence-electron chi connectivity index (χ1n) is 7.58. The predicted octanol–water partition coefficient (Wildman–Crippen LogP) is 2.20. The number of rotatable bonds is 4. The van der Waals surface area contributed by atoms with Gasteiger partial charge in [0, 0.05) is 13.6 Å². The van der Waals surface area contributed by atoms with Crippen molar-refractivity contribution in [2.24, 2.45) is 0 Å². The third-order valence-electron chi connectivity index (χ3n) is 4.42. The van der Waals surface area contributed by atoms with Crippen LogP contribution < -0.4 is 10.2 Å². The average molecular weight is 286 g/mol. The first kappa shape index (κ1) is 14.1. The van der Waals surface area contributed by atoms with Crippen molar-refractivity contribution >= 4 is 5.95 Å². The summed E-state index contributed by atoms with van der Waals surface area (Å²) < 4.78 is 5.65. The van der Waals surface area contributed by atoms with Crippen LogP contribution in [0.15, 0.2) is 34.9 Å². The van der Waals surface area contributed by atoms with Gasteiger partial charge in [0.2, 0.25) is 5.89 Å². The van der Waals surface area contributed by atoms with Gasteiger partial charge in [-0.3, -0.25) is 0 Å². The Labute approximate surface area is 125 Å². The molecule has 0 aliphatic carbocycles. The lowest BCUT2D eigenvalue weighted by Crippen LogP contribution is -2.41. The number of nitrogens with one attached hydrogen (secondary N) is 1. The standard InChI is InChI=1S/C16H22N4O/c1-3-20(2)15-18-14(21-19-15)16(9-11-17-12-10-16)13-7-5-4-6-8-13/h4-8,17H,3,9-12H2,1-2H3. The lowest BCUT2D eigenvalue weighted by Gasteiger charge is -2.34. The van der Waals surface area contributed by atoms with E-state index in [2.05, 4.69) is 46.6 Å². The van der Waals surface area contributed by atoms with E-state index in [1.165, 1.54) is 5.56 Å². The Morgan fingerprint density at radius 2 is 1.95 bits per heavy atom. The van der Waals surface area contributed by atoms with Crippen LogP contribution in [0.25, 0.3) is 0 Å². The topological polar surface area (TPSA) is 54.2 Å². The molecule has 0 amide bonds. The molecule has 1 aliphatic heterocycles. The van der Waals surface area contributed by atoms with Crippen LogP contribution in [0, 0.1) is 0 Å². The largest absolute Gasteiger partial charge is 0.342 e. The van der Waals surface area contributed by atoms with Crippen molar-refractivity contribution in [3.63, 3.8) is 0 Å². The minimum atomic E-state index is -0.160. The Morgan fingerprint density at radius 1 is 1.24 bits per heavy atom. The molecule has 1 aromatic carbocycles. The minimum Gasteiger partial charge on any atom is -0.342 e. The molecule has 2 aromatic rings. The zero-order valence-corrected chi connectivity index (χ0v) is 12.7. The molecule has 0 radical (unpaired) electrons. The van der Waals surface area contributed by atoms with Gasteiger partial charge < -0.3 is 14.7 Å². The van der Waals surface area contributed by atoms with E-state index < -0.39 is 0 Å². The third-order valence-corrected chi connectivity index (χ3v) is 4.42. The molecule has 1 saturated heterocycles. The maximum Gasteiger partial charge on any atom is 0.265 e. The fourth-order valence-electron chi connectivity index (χ4n) is 2.94. The second kappa shape index (κ2) is 5.85. The molecular weight excluding hydrogens is 264 g/mol. The summed E-state index contributed by atoms with van der Waals surface area (Å²) in [6.45, 7) is 4.87. The van der Waals surface area contributed by atoms with E-state index in [1.807, 2.05) is 18.0 Å². The molecule has 0 bridgehead atoms. The van der Waals surface area contributed by atoms with Gasteiger partial charge in [-0.25, -0.2) is 0 Å². The van der Waals surface area contributed by atoms with E-state index in [0.29, 0.717) is 5.95 Å². The number of aromatic nitrogens is 2. The van der Waals surface area contributed by atoms with E-state index in [0.717, 1.165) is 38.4 Å². The summed E-state index contributed by atoms with van der Waals surface area (Å²) in [5.74, 6) is 1.41. The van der Waals surface area contributed by atoms with Crippen LogP contribution in [0.3, 0.4) is 0 Å². The predicted molar refractivity (Wildman–Crippen MR) is 82.6 cm³/mol. The molecule has 112 valence electrons. The molecule has 21 heavy (non-hydrogen) atoms. The summed E-state index contributed by atoms with van der Waals surface area (Å²) >= 11 is 0. The van der Waals surface area contributed by atoms with Crippen LogP contribution in [0.2, 0.25) is 0 Å². The molecular formula is C16H22N4O. The zero-order chi connectivity index (χ0) is 14.7. The summed E-state index contributed by atoms with van der Waals surface area (Å²) in [5, 5.41) is 7.57. The fourth-order valence-corrected chi connectivity index (χ4v) is 2.94. The normalized spacial score (nSPS) is 17.6. The first-order valence-corrected chi connectivity index (χ1v) is 7.58. The smallest absolute Gasteiger partial charge is 0.265 e. The van der Waals surface area contributed by atoms with Crippen molar-refractivity contribution in [3.8, 4) is 0 Å². The van der Waals surface area contributed by atoms with E-state index in [9.17, 15) is 0 Å². The average Bonchev–Trinajstić information content (AvgIpc) is 3.06. The van der Waals surface area contributed by atoms with Crippen LogP contribution in [-0.2, 0) is 5.41 Å². The Balaban J connectivity index is 2.02. The molecule has 1 fully saturated rings. The lowest BCUT2D eigenvalue weighted by atomic mass is 9.73. The molecule has 2 heterocycles. The van der Waals surface area contributed by atoms with E-state index in [1.54, 1.807) is 0 Å². The van der Waals surface area contributed by atoms with Gasteiger partial charge in [0.05, 0.1) is 5.41 Å². The van der Waals surface area contributed by atoms with Gasteiger partial charge in [-0.05, 0) is 43.6 Å². The lowest BCUT2D eigenvalue weighted by molar-refractivity contribution is 0.260. The summed E-state index contributed by atoms with van der Waals surface area (Å²) in [6.07, 6.45) is 1.96. The Morgan fingerprint density at radius 3 is 2.62 bits per heavy atom. The van der Waals surface area contributed by atoms with Crippen molar-refractivity contribution in [2.75, 3.05) is 31.6 Å². The highest BCUT2D eigenvalue weighted by Crippen LogP contribution is 2.39. The highest BCUT2D eigenvalue weighted by atomic mass is 16.5. The molecule has 1 N–H and O–H groups in total. The number of benzene rings is 1. The second-order valence-corrected chi connectivity index (χ2v) is 5.61. The van der Waals surface area contributed by atoms with Crippen LogP contribution in [0.1, 0.15) is 31.2 Å². The van der Waals surface area contributed by atoms with Crippen molar-refractivity contribution in [1.29, 1.82) is 0 Å². The van der Waals surface area contributed by atoms with Gasteiger partial charge in [-0.15, -0.1) is 0 Å². The van der Waals surface area contributed by atoms with Crippen molar-refractivity contribution in [2.45, 2.75) is 25.2 Å². The molecule has 3 rings (SSSR count). The zero-order valence-electron chi connectivity index (χ0n) is 12.7. The Kier molecular flexibility index (Phi) is 3.92. The van der Waals surface area contributed by atoms with Crippen LogP contribution >= 0.6 is 0 Å². The summed E-state index contributed by atoms with van der Waals surface area (Å²) in [6, 6.07) is 10.5. The van der Waals surface area contributed by atoms with E-state index in [4.69, 9.17) is 4.52 Å². The van der Waals surface area contributed by atoms with Crippen molar-refractivity contribution < 1.29 is 4.52 Å². The maximum atomic E-state index is 5.65. The van der Waals surface area contributed by atoms with E-state index >= 15 is 0 Å². The summed E-state index contributed by atoms with van der Waals surface area (Å²) in [5.41, 5.74) is 1.10. The van der Waals surface area contributed by atoms with Gasteiger partial charge in [0.1, 0.15) is 0 Å². The van der Waals surface area contributed by atoms with Crippen molar-refractivity contribution in [1.82, 2.24) is 15.5 Å². The number of piperidine rings is 1. The van der Waals surface area contributed by atoms with Gasteiger partial charge in [0.15, 0.2) is 0 Å². The van der Waals surface area contributed by atoms with Gasteiger partial charge >= 0.3 is 0 Å². The fraction of sp³-hybridized carbons (Fsp3) is 0.500. The monoisotopic (exact) mass is 286 g/mol. The highest BCUT2D eigenvalue weighted by molar-refractivity contribution is 5.35. The van der Waals surface area contributed by atoms with Crippen molar-refractivity contribution in [3.05, 3.63) is 41.8 Å². The van der Waals surface area contributed by atoms with Crippen LogP contribution in [0.5, 0.6) is 0 Å². The second-order valence-electron chi connectivity index (χ2n) is 5.61. The van der Waals surface area contributed by atoms with Gasteiger partial charge in [0.25, 0.3) is 5.95 Å². The first-order chi connectivity index (χ1) is 10.3. The Hall–Kier alpha value is -1.88. The molecule has 0 spiro atoms. The SMILES string of the molecule is CCN(C)c1noc(C2(c3ccccc3)CCNCC2)n1. The molecule has 0 saturated carbocycles. The van der Waals surface area contributed by atoms with Crippen LogP contribution in [-0.4, -0.2) is 36.8 Å². The third kappa shape index (κ3) is 2.53.